The van der Waals surface area contributed by atoms with Crippen LogP contribution in [0.2, 0.25) is 0 Å². The summed E-state index contributed by atoms with van der Waals surface area (Å²) in [6, 6.07) is 58.5. The molecule has 0 saturated carbocycles. The van der Waals surface area contributed by atoms with Crippen molar-refractivity contribution in [3.05, 3.63) is 175 Å². The molecule has 3 nitrogen and oxygen atoms in total. The summed E-state index contributed by atoms with van der Waals surface area (Å²) in [6.07, 6.45) is 0. The molecular weight excluding hydrogens is 619 g/mol. The summed E-state index contributed by atoms with van der Waals surface area (Å²) in [5.41, 5.74) is 10.4. The fourth-order valence-electron chi connectivity index (χ4n) is 8.04. The lowest BCUT2D eigenvalue weighted by Crippen LogP contribution is -2.14. The quantitative estimate of drug-likeness (QED) is 0.190. The van der Waals surface area contributed by atoms with Gasteiger partial charge in [0, 0.05) is 27.7 Å². The summed E-state index contributed by atoms with van der Waals surface area (Å²) >= 11 is 0. The van der Waals surface area contributed by atoms with Crippen molar-refractivity contribution in [1.29, 1.82) is 0 Å². The van der Waals surface area contributed by atoms with Gasteiger partial charge in [-0.3, -0.25) is 0 Å². The van der Waals surface area contributed by atoms with Crippen LogP contribution >= 0.6 is 0 Å². The summed E-state index contributed by atoms with van der Waals surface area (Å²) in [5.74, 6) is 1.96. The van der Waals surface area contributed by atoms with Crippen molar-refractivity contribution in [1.82, 2.24) is 15.0 Å². The van der Waals surface area contributed by atoms with E-state index in [4.69, 9.17) is 15.0 Å². The highest BCUT2D eigenvalue weighted by Crippen LogP contribution is 2.50. The third kappa shape index (κ3) is 4.77. The van der Waals surface area contributed by atoms with Crippen molar-refractivity contribution in [2.45, 2.75) is 19.3 Å². The van der Waals surface area contributed by atoms with Gasteiger partial charge in [-0.05, 0) is 84.4 Å². The van der Waals surface area contributed by atoms with Gasteiger partial charge in [-0.25, -0.2) is 15.0 Å². The zero-order valence-electron chi connectivity index (χ0n) is 28.4. The topological polar surface area (TPSA) is 38.7 Å². The van der Waals surface area contributed by atoms with Gasteiger partial charge >= 0.3 is 0 Å². The molecular formula is C48H33N3. The highest BCUT2D eigenvalue weighted by atomic mass is 15.0. The zero-order valence-corrected chi connectivity index (χ0v) is 28.4. The number of rotatable bonds is 4. The Morgan fingerprint density at radius 2 is 0.843 bits per heavy atom. The minimum absolute atomic E-state index is 0.119. The third-order valence-electron chi connectivity index (χ3n) is 10.7. The number of benzene rings is 8. The Morgan fingerprint density at radius 3 is 1.53 bits per heavy atom. The lowest BCUT2D eigenvalue weighted by Gasteiger charge is -2.22. The number of aromatic nitrogens is 3. The van der Waals surface area contributed by atoms with Crippen LogP contribution in [0.25, 0.3) is 88.7 Å². The Hall–Kier alpha value is -6.45. The first-order chi connectivity index (χ1) is 25.0. The lowest BCUT2D eigenvalue weighted by atomic mass is 9.81. The standard InChI is InChI=1S/C48H33N3/c1-48(2)42-18-10-9-17-39(42)40-25-24-35(29-43(40)48)44-38-16-8-7-13-32(38)23-26-41(44)47-50-45(36-21-19-30-11-3-5-14-33(30)27-36)49-46(51-47)37-22-20-31-12-4-6-15-34(31)28-37/h3-29H,1-2H3. The Morgan fingerprint density at radius 1 is 0.353 bits per heavy atom. The molecule has 1 aliphatic rings. The van der Waals surface area contributed by atoms with Gasteiger partial charge in [0.05, 0.1) is 0 Å². The lowest BCUT2D eigenvalue weighted by molar-refractivity contribution is 0.660. The predicted molar refractivity (Wildman–Crippen MR) is 212 cm³/mol. The molecule has 1 heterocycles. The van der Waals surface area contributed by atoms with E-state index < -0.39 is 0 Å². The van der Waals surface area contributed by atoms with E-state index in [1.807, 2.05) is 0 Å². The van der Waals surface area contributed by atoms with Crippen LogP contribution in [-0.2, 0) is 5.41 Å². The summed E-state index contributed by atoms with van der Waals surface area (Å²) < 4.78 is 0. The van der Waals surface area contributed by atoms with Crippen LogP contribution in [-0.4, -0.2) is 15.0 Å². The Kier molecular flexibility index (Phi) is 6.53. The molecule has 0 saturated heterocycles. The average molecular weight is 652 g/mol. The summed E-state index contributed by atoms with van der Waals surface area (Å²) in [5, 5.41) is 7.02. The van der Waals surface area contributed by atoms with E-state index in [2.05, 4.69) is 178 Å². The van der Waals surface area contributed by atoms with Crippen LogP contribution in [0.4, 0.5) is 0 Å². The second kappa shape index (κ2) is 11.3. The van der Waals surface area contributed by atoms with E-state index in [1.165, 1.54) is 43.8 Å². The SMILES string of the molecule is CC1(C)c2ccccc2-c2ccc(-c3c(-c4nc(-c5ccc6ccccc6c5)nc(-c5ccc6ccccc6c5)n4)ccc4ccccc34)cc21. The molecule has 0 atom stereocenters. The second-order valence-corrected chi connectivity index (χ2v) is 14.1. The van der Waals surface area contributed by atoms with Gasteiger partial charge in [0.25, 0.3) is 0 Å². The Balaban J connectivity index is 1.23. The second-order valence-electron chi connectivity index (χ2n) is 14.1. The largest absolute Gasteiger partial charge is 0.208 e. The first kappa shape index (κ1) is 29.5. The normalized spacial score (nSPS) is 13.1. The number of fused-ring (bicyclic) bond motifs is 6. The molecule has 9 aromatic rings. The van der Waals surface area contributed by atoms with E-state index in [0.29, 0.717) is 17.5 Å². The van der Waals surface area contributed by atoms with E-state index >= 15 is 0 Å². The molecule has 8 aromatic carbocycles. The molecule has 0 N–H and O–H groups in total. The number of hydrogen-bond donors (Lipinski definition) is 0. The van der Waals surface area contributed by atoms with E-state index in [9.17, 15) is 0 Å². The smallest absolute Gasteiger partial charge is 0.164 e. The molecule has 240 valence electrons. The fraction of sp³-hybridized carbons (Fsp3) is 0.0625. The molecule has 0 fully saturated rings. The van der Waals surface area contributed by atoms with Crippen molar-refractivity contribution in [2.24, 2.45) is 0 Å². The average Bonchev–Trinajstić information content (AvgIpc) is 3.42. The van der Waals surface area contributed by atoms with Gasteiger partial charge in [-0.1, -0.05) is 153 Å². The highest BCUT2D eigenvalue weighted by molar-refractivity contribution is 6.04. The molecule has 51 heavy (non-hydrogen) atoms. The Bertz CT molecular complexity index is 2750. The van der Waals surface area contributed by atoms with Gasteiger partial charge in [0.2, 0.25) is 0 Å². The molecule has 0 aliphatic heterocycles. The van der Waals surface area contributed by atoms with Crippen LogP contribution in [0.15, 0.2) is 164 Å². The molecule has 10 rings (SSSR count). The van der Waals surface area contributed by atoms with Crippen LogP contribution in [0, 0.1) is 0 Å². The molecule has 1 aliphatic carbocycles. The highest BCUT2D eigenvalue weighted by Gasteiger charge is 2.35. The number of hydrogen-bond acceptors (Lipinski definition) is 3. The van der Waals surface area contributed by atoms with Gasteiger partial charge in [0.15, 0.2) is 17.5 Å². The Labute approximate surface area is 297 Å². The minimum Gasteiger partial charge on any atom is -0.208 e. The van der Waals surface area contributed by atoms with Gasteiger partial charge in [0.1, 0.15) is 0 Å². The van der Waals surface area contributed by atoms with Gasteiger partial charge < -0.3 is 0 Å². The van der Waals surface area contributed by atoms with Crippen molar-refractivity contribution >= 4 is 32.3 Å². The summed E-state index contributed by atoms with van der Waals surface area (Å²) in [7, 11) is 0. The minimum atomic E-state index is -0.119. The van der Waals surface area contributed by atoms with E-state index in [-0.39, 0.29) is 5.41 Å². The van der Waals surface area contributed by atoms with Gasteiger partial charge in [-0.15, -0.1) is 0 Å². The monoisotopic (exact) mass is 651 g/mol. The first-order valence-corrected chi connectivity index (χ1v) is 17.5. The summed E-state index contributed by atoms with van der Waals surface area (Å²) in [4.78, 5) is 15.7. The van der Waals surface area contributed by atoms with Crippen LogP contribution in [0.3, 0.4) is 0 Å². The van der Waals surface area contributed by atoms with E-state index in [1.54, 1.807) is 0 Å². The molecule has 0 amide bonds. The van der Waals surface area contributed by atoms with Crippen molar-refractivity contribution in [3.63, 3.8) is 0 Å². The van der Waals surface area contributed by atoms with Crippen molar-refractivity contribution in [2.75, 3.05) is 0 Å². The maximum Gasteiger partial charge on any atom is 0.164 e. The molecule has 0 spiro atoms. The summed E-state index contributed by atoms with van der Waals surface area (Å²) in [6.45, 7) is 4.67. The molecule has 1 aromatic heterocycles. The third-order valence-corrected chi connectivity index (χ3v) is 10.7. The predicted octanol–water partition coefficient (Wildman–Crippen LogP) is 12.3. The molecule has 3 heteroatoms. The van der Waals surface area contributed by atoms with Crippen molar-refractivity contribution < 1.29 is 0 Å². The number of nitrogens with zero attached hydrogens (tertiary/aromatic N) is 3. The fourth-order valence-corrected chi connectivity index (χ4v) is 8.04. The van der Waals surface area contributed by atoms with Crippen LogP contribution < -0.4 is 0 Å². The van der Waals surface area contributed by atoms with Crippen LogP contribution in [0.5, 0.6) is 0 Å². The maximum atomic E-state index is 5.27. The molecule has 0 bridgehead atoms. The van der Waals surface area contributed by atoms with Gasteiger partial charge in [-0.2, -0.15) is 0 Å². The van der Waals surface area contributed by atoms with Crippen LogP contribution in [0.1, 0.15) is 25.0 Å². The first-order valence-electron chi connectivity index (χ1n) is 17.5. The van der Waals surface area contributed by atoms with E-state index in [0.717, 1.165) is 38.6 Å². The molecule has 0 radical (unpaired) electrons. The maximum absolute atomic E-state index is 5.27. The van der Waals surface area contributed by atoms with Crippen molar-refractivity contribution in [3.8, 4) is 56.4 Å². The molecule has 0 unspecified atom stereocenters. The zero-order chi connectivity index (χ0) is 34.1.